The van der Waals surface area contributed by atoms with E-state index in [2.05, 4.69) is 40.3 Å². The zero-order chi connectivity index (χ0) is 14.7. The predicted octanol–water partition coefficient (Wildman–Crippen LogP) is 3.57. The van der Waals surface area contributed by atoms with Crippen molar-refractivity contribution in [3.05, 3.63) is 50.7 Å². The molecule has 1 aromatic heterocycles. The van der Waals surface area contributed by atoms with E-state index in [4.69, 9.17) is 17.4 Å². The van der Waals surface area contributed by atoms with Crippen LogP contribution in [0.5, 0.6) is 0 Å². The Balaban J connectivity index is 2.52. The summed E-state index contributed by atoms with van der Waals surface area (Å²) in [7, 11) is 0. The van der Waals surface area contributed by atoms with E-state index < -0.39 is 0 Å². The third-order valence-electron chi connectivity index (χ3n) is 3.33. The van der Waals surface area contributed by atoms with Gasteiger partial charge in [0.05, 0.1) is 23.0 Å². The van der Waals surface area contributed by atoms with Crippen LogP contribution >= 0.6 is 27.5 Å². The van der Waals surface area contributed by atoms with Crippen molar-refractivity contribution < 1.29 is 0 Å². The van der Waals surface area contributed by atoms with Gasteiger partial charge in [0.1, 0.15) is 0 Å². The van der Waals surface area contributed by atoms with Crippen LogP contribution in [-0.4, -0.2) is 9.78 Å². The Morgan fingerprint density at radius 1 is 1.50 bits per heavy atom. The Hall–Kier alpha value is -0.880. The molecule has 0 radical (unpaired) electrons. The van der Waals surface area contributed by atoms with Crippen molar-refractivity contribution in [2.75, 3.05) is 0 Å². The molecule has 1 unspecified atom stereocenters. The maximum absolute atomic E-state index is 6.31. The van der Waals surface area contributed by atoms with Crippen LogP contribution in [0.25, 0.3) is 0 Å². The monoisotopic (exact) mass is 356 g/mol. The van der Waals surface area contributed by atoms with Crippen LogP contribution in [0.15, 0.2) is 28.9 Å². The average Bonchev–Trinajstić information content (AvgIpc) is 2.78. The molecule has 20 heavy (non-hydrogen) atoms. The first-order valence-corrected chi connectivity index (χ1v) is 7.69. The number of aryl methyl sites for hydroxylation is 1. The number of nitrogens with two attached hydrogens (primary N) is 1. The largest absolute Gasteiger partial charge is 0.271 e. The number of aromatic nitrogens is 2. The van der Waals surface area contributed by atoms with E-state index in [-0.39, 0.29) is 6.04 Å². The van der Waals surface area contributed by atoms with Crippen molar-refractivity contribution in [1.29, 1.82) is 0 Å². The highest BCUT2D eigenvalue weighted by Crippen LogP contribution is 2.32. The van der Waals surface area contributed by atoms with Crippen molar-refractivity contribution in [1.82, 2.24) is 15.2 Å². The van der Waals surface area contributed by atoms with Crippen molar-refractivity contribution in [3.8, 4) is 0 Å². The van der Waals surface area contributed by atoms with Gasteiger partial charge in [-0.05, 0) is 30.5 Å². The highest BCUT2D eigenvalue weighted by atomic mass is 79.9. The maximum atomic E-state index is 6.31. The second-order valence-electron chi connectivity index (χ2n) is 4.65. The summed E-state index contributed by atoms with van der Waals surface area (Å²) in [5.41, 5.74) is 5.98. The molecule has 0 fully saturated rings. The Morgan fingerprint density at radius 3 is 2.90 bits per heavy atom. The molecule has 0 aliphatic rings. The van der Waals surface area contributed by atoms with Crippen LogP contribution < -0.4 is 11.3 Å². The Morgan fingerprint density at radius 2 is 2.25 bits per heavy atom. The van der Waals surface area contributed by atoms with Crippen LogP contribution in [0.2, 0.25) is 5.02 Å². The quantitative estimate of drug-likeness (QED) is 0.635. The zero-order valence-electron chi connectivity index (χ0n) is 11.5. The molecule has 0 bridgehead atoms. The summed E-state index contributed by atoms with van der Waals surface area (Å²) in [6.07, 6.45) is 2.66. The molecule has 0 saturated heterocycles. The smallest absolute Gasteiger partial charge is 0.0896 e. The summed E-state index contributed by atoms with van der Waals surface area (Å²) < 4.78 is 2.96. The molecule has 4 nitrogen and oxygen atoms in total. The molecular weight excluding hydrogens is 340 g/mol. The molecule has 3 N–H and O–H groups in total. The predicted molar refractivity (Wildman–Crippen MR) is 85.6 cm³/mol. The van der Waals surface area contributed by atoms with Gasteiger partial charge in [0.15, 0.2) is 0 Å². The van der Waals surface area contributed by atoms with E-state index in [1.165, 1.54) is 0 Å². The lowest BCUT2D eigenvalue weighted by molar-refractivity contribution is 0.520. The van der Waals surface area contributed by atoms with Crippen LogP contribution in [0.4, 0.5) is 0 Å². The van der Waals surface area contributed by atoms with Crippen molar-refractivity contribution in [2.45, 2.75) is 32.9 Å². The van der Waals surface area contributed by atoms with Crippen LogP contribution in [0.3, 0.4) is 0 Å². The summed E-state index contributed by atoms with van der Waals surface area (Å²) in [6, 6.07) is 5.86. The van der Waals surface area contributed by atoms with Crippen LogP contribution in [-0.2, 0) is 6.54 Å². The number of rotatable bonds is 5. The summed E-state index contributed by atoms with van der Waals surface area (Å²) in [6.45, 7) is 4.97. The number of hydrogen-bond donors (Lipinski definition) is 2. The standard InChI is InChI=1S/C14H18BrClN4/c1-3-7-20-14(12(16)8-18-20)13(19-17)10-5-4-6-11(15)9(10)2/h4-6,8,13,19H,3,7,17H2,1-2H3. The maximum Gasteiger partial charge on any atom is 0.0896 e. The van der Waals surface area contributed by atoms with Gasteiger partial charge in [-0.15, -0.1) is 0 Å². The number of nitrogens with one attached hydrogen (secondary N) is 1. The van der Waals surface area contributed by atoms with Gasteiger partial charge >= 0.3 is 0 Å². The number of hydrogen-bond acceptors (Lipinski definition) is 3. The fourth-order valence-electron chi connectivity index (χ4n) is 2.30. The number of hydrazine groups is 1. The third kappa shape index (κ3) is 2.91. The van der Waals surface area contributed by atoms with Crippen molar-refractivity contribution in [3.63, 3.8) is 0 Å². The lowest BCUT2D eigenvalue weighted by atomic mass is 9.99. The first kappa shape index (κ1) is 15.5. The Bertz CT molecular complexity index is 597. The molecule has 2 rings (SSSR count). The highest BCUT2D eigenvalue weighted by molar-refractivity contribution is 9.10. The molecule has 1 heterocycles. The SMILES string of the molecule is CCCn1ncc(Cl)c1C(NN)c1cccc(Br)c1C. The number of nitrogens with zero attached hydrogens (tertiary/aromatic N) is 2. The van der Waals surface area contributed by atoms with Crippen LogP contribution in [0, 0.1) is 6.92 Å². The minimum atomic E-state index is -0.186. The molecule has 0 aliphatic heterocycles. The summed E-state index contributed by atoms with van der Waals surface area (Å²) in [5, 5.41) is 4.96. The number of halogens is 2. The van der Waals surface area contributed by atoms with E-state index in [0.29, 0.717) is 5.02 Å². The first-order chi connectivity index (χ1) is 9.60. The van der Waals surface area contributed by atoms with Gasteiger partial charge in [0, 0.05) is 11.0 Å². The molecule has 0 saturated carbocycles. The average molecular weight is 358 g/mol. The number of benzene rings is 1. The second-order valence-corrected chi connectivity index (χ2v) is 5.92. The van der Waals surface area contributed by atoms with Crippen molar-refractivity contribution in [2.24, 2.45) is 5.84 Å². The van der Waals surface area contributed by atoms with Gasteiger partial charge in [-0.1, -0.05) is 46.6 Å². The molecule has 0 aliphatic carbocycles. The molecule has 1 aromatic carbocycles. The molecular formula is C14H18BrClN4. The lowest BCUT2D eigenvalue weighted by Crippen LogP contribution is -2.31. The third-order valence-corrected chi connectivity index (χ3v) is 4.48. The molecule has 108 valence electrons. The van der Waals surface area contributed by atoms with Crippen molar-refractivity contribution >= 4 is 27.5 Å². The van der Waals surface area contributed by atoms with Gasteiger partial charge in [-0.3, -0.25) is 10.5 Å². The topological polar surface area (TPSA) is 55.9 Å². The van der Waals surface area contributed by atoms with E-state index in [9.17, 15) is 0 Å². The normalized spacial score (nSPS) is 12.7. The molecule has 0 spiro atoms. The molecule has 2 aromatic rings. The molecule has 1 atom stereocenters. The fourth-order valence-corrected chi connectivity index (χ4v) is 2.93. The van der Waals surface area contributed by atoms with Gasteiger partial charge in [-0.25, -0.2) is 5.43 Å². The Labute approximate surface area is 132 Å². The first-order valence-electron chi connectivity index (χ1n) is 6.52. The minimum Gasteiger partial charge on any atom is -0.271 e. The Kier molecular flexibility index (Phi) is 5.21. The second kappa shape index (κ2) is 6.72. The van der Waals surface area contributed by atoms with Crippen LogP contribution in [0.1, 0.15) is 36.2 Å². The summed E-state index contributed by atoms with van der Waals surface area (Å²) in [5.74, 6) is 5.78. The lowest BCUT2D eigenvalue weighted by Gasteiger charge is -2.21. The van der Waals surface area contributed by atoms with E-state index in [1.807, 2.05) is 22.9 Å². The van der Waals surface area contributed by atoms with Gasteiger partial charge < -0.3 is 0 Å². The fraction of sp³-hybridized carbons (Fsp3) is 0.357. The molecule has 0 amide bonds. The van der Waals surface area contributed by atoms with E-state index in [1.54, 1.807) is 6.20 Å². The van der Waals surface area contributed by atoms with E-state index in [0.717, 1.165) is 34.3 Å². The zero-order valence-corrected chi connectivity index (χ0v) is 13.9. The summed E-state index contributed by atoms with van der Waals surface area (Å²) >= 11 is 9.86. The van der Waals surface area contributed by atoms with Gasteiger partial charge in [-0.2, -0.15) is 5.10 Å². The van der Waals surface area contributed by atoms with Gasteiger partial charge in [0.25, 0.3) is 0 Å². The molecule has 6 heteroatoms. The summed E-state index contributed by atoms with van der Waals surface area (Å²) in [4.78, 5) is 0. The highest BCUT2D eigenvalue weighted by Gasteiger charge is 2.22. The minimum absolute atomic E-state index is 0.186. The van der Waals surface area contributed by atoms with Gasteiger partial charge in [0.2, 0.25) is 0 Å². The van der Waals surface area contributed by atoms with E-state index >= 15 is 0 Å².